The van der Waals surface area contributed by atoms with E-state index in [9.17, 15) is 9.59 Å². The van der Waals surface area contributed by atoms with Gasteiger partial charge in [-0.1, -0.05) is 36.0 Å². The largest absolute Gasteiger partial charge is 0.341 e. The Balaban J connectivity index is 0.00000363. The van der Waals surface area contributed by atoms with Crippen molar-refractivity contribution in [1.82, 2.24) is 9.80 Å². The molecule has 180 valence electrons. The number of likely N-dealkylation sites (tertiary alicyclic amines) is 1. The second-order valence-electron chi connectivity index (χ2n) is 8.71. The van der Waals surface area contributed by atoms with E-state index in [1.807, 2.05) is 11.9 Å². The Morgan fingerprint density at radius 3 is 2.47 bits per heavy atom. The normalized spacial score (nSPS) is 21.1. The van der Waals surface area contributed by atoms with Crippen molar-refractivity contribution < 1.29 is 9.59 Å². The van der Waals surface area contributed by atoms with E-state index < -0.39 is 0 Å². The standard InChI is InChI=1S/C23H34Cl2N4O2.ClH/c1-28(20-7-2-3-8-21(20)29-11-4-5-12-29)23(31)14-16-13-17(24)18(25)15-19(16)27-22(30)9-6-10-26;/h13,15,20-21H,2-12,14,26H2,1H3,(H,27,30);1H/t20-,21-;/m0./s1. The first-order valence-corrected chi connectivity index (χ1v) is 12.1. The van der Waals surface area contributed by atoms with E-state index in [4.69, 9.17) is 28.9 Å². The van der Waals surface area contributed by atoms with Gasteiger partial charge >= 0.3 is 0 Å². The lowest BCUT2D eigenvalue weighted by Crippen LogP contribution is -2.53. The van der Waals surface area contributed by atoms with Gasteiger partial charge in [-0.2, -0.15) is 0 Å². The van der Waals surface area contributed by atoms with E-state index in [1.54, 1.807) is 12.1 Å². The molecule has 0 spiro atoms. The lowest BCUT2D eigenvalue weighted by Gasteiger charge is -2.42. The van der Waals surface area contributed by atoms with Gasteiger partial charge in [0.05, 0.1) is 16.5 Å². The number of halogens is 3. The highest BCUT2D eigenvalue weighted by Gasteiger charge is 2.35. The molecule has 1 aliphatic heterocycles. The minimum Gasteiger partial charge on any atom is -0.341 e. The highest BCUT2D eigenvalue weighted by atomic mass is 35.5. The first-order chi connectivity index (χ1) is 14.9. The molecular formula is C23H35Cl3N4O2. The topological polar surface area (TPSA) is 78.7 Å². The quantitative estimate of drug-likeness (QED) is 0.545. The number of nitrogens with two attached hydrogens (primary N) is 1. The van der Waals surface area contributed by atoms with Gasteiger partial charge in [0.1, 0.15) is 0 Å². The van der Waals surface area contributed by atoms with E-state index in [2.05, 4.69) is 10.2 Å². The third kappa shape index (κ3) is 6.97. The molecule has 6 nitrogen and oxygen atoms in total. The Kier molecular flexibility index (Phi) is 11.0. The fraction of sp³-hybridized carbons (Fsp3) is 0.652. The highest BCUT2D eigenvalue weighted by molar-refractivity contribution is 6.42. The number of likely N-dealkylation sites (N-methyl/N-ethyl adjacent to an activating group) is 1. The molecule has 1 aromatic rings. The van der Waals surface area contributed by atoms with Crippen molar-refractivity contribution in [3.63, 3.8) is 0 Å². The number of benzene rings is 1. The van der Waals surface area contributed by atoms with Crippen molar-refractivity contribution in [3.05, 3.63) is 27.7 Å². The summed E-state index contributed by atoms with van der Waals surface area (Å²) < 4.78 is 0. The van der Waals surface area contributed by atoms with Crippen LogP contribution in [0.15, 0.2) is 12.1 Å². The second-order valence-corrected chi connectivity index (χ2v) is 9.52. The minimum atomic E-state index is -0.146. The first kappa shape index (κ1) is 27.2. The third-order valence-corrected chi connectivity index (χ3v) is 7.29. The molecule has 2 atom stereocenters. The van der Waals surface area contributed by atoms with Crippen LogP contribution in [0.4, 0.5) is 5.69 Å². The number of carbonyl (C=O) groups excluding carboxylic acids is 2. The van der Waals surface area contributed by atoms with Gasteiger partial charge in [0.2, 0.25) is 11.8 Å². The smallest absolute Gasteiger partial charge is 0.227 e. The Hall–Kier alpha value is -1.05. The number of nitrogens with one attached hydrogen (secondary N) is 1. The van der Waals surface area contributed by atoms with Gasteiger partial charge < -0.3 is 16.0 Å². The van der Waals surface area contributed by atoms with Crippen LogP contribution in [0.2, 0.25) is 10.0 Å². The summed E-state index contributed by atoms with van der Waals surface area (Å²) in [4.78, 5) is 30.0. The second kappa shape index (κ2) is 13.0. The van der Waals surface area contributed by atoms with Crippen LogP contribution in [0.3, 0.4) is 0 Å². The molecule has 32 heavy (non-hydrogen) atoms. The maximum absolute atomic E-state index is 13.3. The fourth-order valence-electron chi connectivity index (χ4n) is 4.84. The molecule has 1 aliphatic carbocycles. The summed E-state index contributed by atoms with van der Waals surface area (Å²) in [5.74, 6) is -0.112. The Morgan fingerprint density at radius 1 is 1.12 bits per heavy atom. The van der Waals surface area contributed by atoms with Crippen LogP contribution >= 0.6 is 35.6 Å². The summed E-state index contributed by atoms with van der Waals surface area (Å²) in [7, 11) is 1.92. The summed E-state index contributed by atoms with van der Waals surface area (Å²) >= 11 is 12.4. The highest BCUT2D eigenvalue weighted by Crippen LogP contribution is 2.32. The summed E-state index contributed by atoms with van der Waals surface area (Å²) in [5, 5.41) is 3.60. The summed E-state index contributed by atoms with van der Waals surface area (Å²) in [6.07, 6.45) is 8.16. The maximum atomic E-state index is 13.3. The molecule has 0 aromatic heterocycles. The Labute approximate surface area is 207 Å². The van der Waals surface area contributed by atoms with E-state index in [-0.39, 0.29) is 36.7 Å². The summed E-state index contributed by atoms with van der Waals surface area (Å²) in [5.41, 5.74) is 6.72. The molecule has 1 saturated carbocycles. The maximum Gasteiger partial charge on any atom is 0.227 e. The molecule has 0 radical (unpaired) electrons. The molecule has 2 fully saturated rings. The van der Waals surface area contributed by atoms with E-state index in [1.165, 1.54) is 19.3 Å². The molecule has 2 amide bonds. The predicted octanol–water partition coefficient (Wildman–Crippen LogP) is 4.50. The van der Waals surface area contributed by atoms with Crippen LogP contribution in [0.5, 0.6) is 0 Å². The van der Waals surface area contributed by atoms with Gasteiger partial charge in [0.15, 0.2) is 0 Å². The first-order valence-electron chi connectivity index (χ1n) is 11.4. The zero-order valence-electron chi connectivity index (χ0n) is 18.7. The molecule has 9 heteroatoms. The molecule has 1 aromatic carbocycles. The minimum absolute atomic E-state index is 0. The Bertz CT molecular complexity index is 787. The molecule has 3 N–H and O–H groups in total. The average molecular weight is 506 g/mol. The molecule has 1 heterocycles. The van der Waals surface area contributed by atoms with Crippen molar-refractivity contribution in [2.45, 2.75) is 69.9 Å². The van der Waals surface area contributed by atoms with E-state index >= 15 is 0 Å². The van der Waals surface area contributed by atoms with Crippen molar-refractivity contribution in [2.75, 3.05) is 32.0 Å². The third-order valence-electron chi connectivity index (χ3n) is 6.56. The van der Waals surface area contributed by atoms with E-state index in [0.717, 1.165) is 32.4 Å². The zero-order valence-corrected chi connectivity index (χ0v) is 21.1. The number of hydrogen-bond acceptors (Lipinski definition) is 4. The van der Waals surface area contributed by atoms with Gasteiger partial charge in [-0.05, 0) is 69.4 Å². The molecule has 0 bridgehead atoms. The van der Waals surface area contributed by atoms with Crippen LogP contribution < -0.4 is 11.1 Å². The number of amides is 2. The lowest BCUT2D eigenvalue weighted by atomic mass is 9.88. The predicted molar refractivity (Wildman–Crippen MR) is 134 cm³/mol. The lowest BCUT2D eigenvalue weighted by molar-refractivity contribution is -0.133. The zero-order chi connectivity index (χ0) is 22.4. The van der Waals surface area contributed by atoms with E-state index in [0.29, 0.717) is 46.7 Å². The summed E-state index contributed by atoms with van der Waals surface area (Å²) in [6, 6.07) is 3.98. The van der Waals surface area contributed by atoms with Gasteiger partial charge in [0.25, 0.3) is 0 Å². The van der Waals surface area contributed by atoms with Crippen LogP contribution in [0.25, 0.3) is 0 Å². The number of rotatable bonds is 8. The van der Waals surface area contributed by atoms with Crippen molar-refractivity contribution in [2.24, 2.45) is 5.73 Å². The average Bonchev–Trinajstić information content (AvgIpc) is 3.30. The van der Waals surface area contributed by atoms with Gasteiger partial charge in [-0.15, -0.1) is 12.4 Å². The number of nitrogens with zero attached hydrogens (tertiary/aromatic N) is 2. The van der Waals surface area contributed by atoms with Crippen molar-refractivity contribution in [1.29, 1.82) is 0 Å². The number of hydrogen-bond donors (Lipinski definition) is 2. The monoisotopic (exact) mass is 504 g/mol. The van der Waals surface area contributed by atoms with Gasteiger partial charge in [-0.25, -0.2) is 0 Å². The summed E-state index contributed by atoms with van der Waals surface area (Å²) in [6.45, 7) is 2.72. The molecule has 0 unspecified atom stereocenters. The molecule has 3 rings (SSSR count). The van der Waals surface area contributed by atoms with Gasteiger partial charge in [0, 0.05) is 31.2 Å². The van der Waals surface area contributed by atoms with Crippen LogP contribution in [0.1, 0.15) is 56.9 Å². The van der Waals surface area contributed by atoms with Crippen molar-refractivity contribution >= 4 is 53.1 Å². The Morgan fingerprint density at radius 2 is 1.78 bits per heavy atom. The fourth-order valence-corrected chi connectivity index (χ4v) is 5.19. The number of carbonyl (C=O) groups is 2. The number of anilines is 1. The molecular weight excluding hydrogens is 471 g/mol. The van der Waals surface area contributed by atoms with Crippen LogP contribution in [-0.2, 0) is 16.0 Å². The van der Waals surface area contributed by atoms with Gasteiger partial charge in [-0.3, -0.25) is 14.5 Å². The molecule has 2 aliphatic rings. The van der Waals surface area contributed by atoms with Crippen LogP contribution in [-0.4, -0.2) is 60.4 Å². The van der Waals surface area contributed by atoms with Crippen LogP contribution in [0, 0.1) is 0 Å². The molecule has 1 saturated heterocycles. The SMILES string of the molecule is CN(C(=O)Cc1cc(Cl)c(Cl)cc1NC(=O)CCCN)[C@H]1CCCC[C@@H]1N1CCCC1.Cl. The van der Waals surface area contributed by atoms with Crippen molar-refractivity contribution in [3.8, 4) is 0 Å².